The number of methoxy groups -OCH3 is 2. The summed E-state index contributed by atoms with van der Waals surface area (Å²) in [5, 5.41) is 9.08. The van der Waals surface area contributed by atoms with Crippen molar-refractivity contribution in [3.8, 4) is 11.5 Å². The number of halogens is 2. The molecule has 3 rings (SSSR count). The molecule has 0 atom stereocenters. The largest absolute Gasteiger partial charge is 0.493 e. The first kappa shape index (κ1) is 21.7. The van der Waals surface area contributed by atoms with E-state index in [2.05, 4.69) is 9.97 Å². The minimum Gasteiger partial charge on any atom is -0.493 e. The van der Waals surface area contributed by atoms with Crippen molar-refractivity contribution in [2.24, 2.45) is 0 Å². The molecule has 0 aliphatic carbocycles. The molecule has 11 nitrogen and oxygen atoms in total. The Hall–Kier alpha value is -3.00. The monoisotopic (exact) mass is 447 g/mol. The fourth-order valence-electron chi connectivity index (χ4n) is 3.16. The summed E-state index contributed by atoms with van der Waals surface area (Å²) >= 11 is 0. The van der Waals surface area contributed by atoms with E-state index in [0.717, 1.165) is 0 Å². The van der Waals surface area contributed by atoms with Crippen molar-refractivity contribution in [3.05, 3.63) is 18.5 Å². The van der Waals surface area contributed by atoms with Crippen LogP contribution in [0.15, 0.2) is 18.5 Å². The summed E-state index contributed by atoms with van der Waals surface area (Å²) in [5.41, 5.74) is 0.419. The predicted octanol–water partition coefficient (Wildman–Crippen LogP) is 0.917. The van der Waals surface area contributed by atoms with Crippen LogP contribution in [0.1, 0.15) is 0 Å². The number of fused-ring (bicyclic) bond motifs is 1. The molecule has 1 aliphatic rings. The summed E-state index contributed by atoms with van der Waals surface area (Å²) in [7, 11) is -1.77. The zero-order valence-corrected chi connectivity index (χ0v) is 16.8. The lowest BCUT2D eigenvalue weighted by Crippen LogP contribution is -2.47. The van der Waals surface area contributed by atoms with Gasteiger partial charge in [-0.15, -0.1) is 0 Å². The molecule has 1 amide bonds. The lowest BCUT2D eigenvalue weighted by atomic mass is 10.2. The van der Waals surface area contributed by atoms with E-state index in [9.17, 15) is 22.0 Å². The highest BCUT2D eigenvalue weighted by atomic mass is 32.2. The smallest absolute Gasteiger partial charge is 0.419 e. The lowest BCUT2D eigenvalue weighted by Gasteiger charge is -2.25. The Bertz CT molecular complexity index is 1070. The van der Waals surface area contributed by atoms with Crippen LogP contribution in [0.3, 0.4) is 0 Å². The molecule has 30 heavy (non-hydrogen) atoms. The number of hydrogen-bond donors (Lipinski definition) is 2. The van der Waals surface area contributed by atoms with Crippen molar-refractivity contribution >= 4 is 33.0 Å². The minimum atomic E-state index is -4.64. The van der Waals surface area contributed by atoms with Crippen molar-refractivity contribution in [2.75, 3.05) is 45.3 Å². The maximum absolute atomic E-state index is 14.6. The van der Waals surface area contributed by atoms with Gasteiger partial charge < -0.3 is 19.5 Å². The van der Waals surface area contributed by atoms with Gasteiger partial charge in [-0.2, -0.15) is 12.7 Å². The van der Waals surface area contributed by atoms with Crippen LogP contribution in [0.2, 0.25) is 0 Å². The zero-order chi connectivity index (χ0) is 22.1. The number of aromatic nitrogens is 2. The normalized spacial score (nSPS) is 17.4. The number of ether oxygens (including phenoxy) is 2. The van der Waals surface area contributed by atoms with Crippen molar-refractivity contribution in [3.63, 3.8) is 0 Å². The van der Waals surface area contributed by atoms with Crippen LogP contribution in [0, 0.1) is 0 Å². The molecule has 14 heteroatoms. The molecule has 2 aromatic rings. The molecule has 1 aromatic carbocycles. The highest BCUT2D eigenvalue weighted by Crippen LogP contribution is 2.36. The Kier molecular flexibility index (Phi) is 5.81. The van der Waals surface area contributed by atoms with Gasteiger partial charge in [0.15, 0.2) is 11.5 Å². The van der Waals surface area contributed by atoms with Crippen LogP contribution in [0.25, 0.3) is 10.9 Å². The van der Waals surface area contributed by atoms with Gasteiger partial charge in [-0.05, 0) is 6.07 Å². The predicted molar refractivity (Wildman–Crippen MR) is 101 cm³/mol. The first-order chi connectivity index (χ1) is 14.1. The van der Waals surface area contributed by atoms with Gasteiger partial charge in [0.25, 0.3) is 5.92 Å². The van der Waals surface area contributed by atoms with Gasteiger partial charge in [-0.25, -0.2) is 28.3 Å². The molecule has 0 spiro atoms. The van der Waals surface area contributed by atoms with Gasteiger partial charge in [-0.3, -0.25) is 0 Å². The Morgan fingerprint density at radius 1 is 1.17 bits per heavy atom. The second-order valence-electron chi connectivity index (χ2n) is 6.44. The van der Waals surface area contributed by atoms with Crippen LogP contribution in [-0.2, 0) is 10.2 Å². The summed E-state index contributed by atoms with van der Waals surface area (Å²) in [6, 6.07) is 3.12. The maximum atomic E-state index is 14.6. The van der Waals surface area contributed by atoms with E-state index in [4.69, 9.17) is 14.6 Å². The number of amides is 1. The molecule has 164 valence electrons. The molecule has 2 heterocycles. The average Bonchev–Trinajstić information content (AvgIpc) is 2.83. The van der Waals surface area contributed by atoms with Crippen LogP contribution >= 0.6 is 0 Å². The SMILES string of the molecule is COc1cc2ncnc(N3CCN(S(=O)(=O)NC(=O)O)CC(F)(F)C3)c2cc1OC. The third-order valence-electron chi connectivity index (χ3n) is 4.42. The molecular formula is C16H19F2N5O6S. The topological polar surface area (TPSA) is 134 Å². The van der Waals surface area contributed by atoms with Crippen LogP contribution in [-0.4, -0.2) is 80.2 Å². The van der Waals surface area contributed by atoms with Gasteiger partial charge in [0.05, 0.1) is 32.8 Å². The number of anilines is 1. The molecule has 1 fully saturated rings. The zero-order valence-electron chi connectivity index (χ0n) is 16.0. The fourth-order valence-corrected chi connectivity index (χ4v) is 4.19. The Morgan fingerprint density at radius 3 is 2.47 bits per heavy atom. The summed E-state index contributed by atoms with van der Waals surface area (Å²) < 4.78 is 65.4. The van der Waals surface area contributed by atoms with Gasteiger partial charge in [0.2, 0.25) is 0 Å². The summed E-state index contributed by atoms with van der Waals surface area (Å²) in [4.78, 5) is 20.2. The molecular weight excluding hydrogens is 428 g/mol. The minimum absolute atomic E-state index is 0.156. The summed E-state index contributed by atoms with van der Waals surface area (Å²) in [6.45, 7) is -2.54. The van der Waals surface area contributed by atoms with E-state index in [0.29, 0.717) is 26.7 Å². The molecule has 1 saturated heterocycles. The number of nitrogens with zero attached hydrogens (tertiary/aromatic N) is 4. The first-order valence-electron chi connectivity index (χ1n) is 8.56. The molecule has 0 radical (unpaired) electrons. The van der Waals surface area contributed by atoms with Crippen LogP contribution < -0.4 is 19.1 Å². The van der Waals surface area contributed by atoms with Gasteiger partial charge in [0.1, 0.15) is 12.1 Å². The van der Waals surface area contributed by atoms with Crippen molar-refractivity contribution in [1.29, 1.82) is 0 Å². The Labute approximate surface area is 170 Å². The third-order valence-corrected chi connectivity index (χ3v) is 5.85. The van der Waals surface area contributed by atoms with Crippen LogP contribution in [0.4, 0.5) is 19.4 Å². The molecule has 1 aromatic heterocycles. The number of alkyl halides is 2. The fraction of sp³-hybridized carbons (Fsp3) is 0.438. The number of carbonyl (C=O) groups is 1. The quantitative estimate of drug-likeness (QED) is 0.686. The number of benzene rings is 1. The second kappa shape index (κ2) is 8.02. The number of carboxylic acid groups (broad SMARTS) is 1. The summed E-state index contributed by atoms with van der Waals surface area (Å²) in [6.07, 6.45) is -0.658. The van der Waals surface area contributed by atoms with Crippen LogP contribution in [0.5, 0.6) is 11.5 Å². The van der Waals surface area contributed by atoms with Crippen molar-refractivity contribution in [1.82, 2.24) is 19.0 Å². The molecule has 0 unspecified atom stereocenters. The van der Waals surface area contributed by atoms with E-state index in [-0.39, 0.29) is 18.9 Å². The number of hydrogen-bond acceptors (Lipinski definition) is 8. The average molecular weight is 447 g/mol. The van der Waals surface area contributed by atoms with E-state index >= 15 is 0 Å². The van der Waals surface area contributed by atoms with E-state index in [1.54, 1.807) is 12.1 Å². The molecule has 1 aliphatic heterocycles. The second-order valence-corrected chi connectivity index (χ2v) is 8.12. The summed E-state index contributed by atoms with van der Waals surface area (Å²) in [5.74, 6) is -2.58. The highest BCUT2D eigenvalue weighted by molar-refractivity contribution is 7.87. The lowest BCUT2D eigenvalue weighted by molar-refractivity contribution is 0.000348. The van der Waals surface area contributed by atoms with E-state index < -0.39 is 35.3 Å². The van der Waals surface area contributed by atoms with E-state index in [1.807, 2.05) is 0 Å². The Morgan fingerprint density at radius 2 is 1.83 bits per heavy atom. The van der Waals surface area contributed by atoms with E-state index in [1.165, 1.54) is 30.2 Å². The Balaban J connectivity index is 2.00. The molecule has 2 N–H and O–H groups in total. The molecule has 0 bridgehead atoms. The first-order valence-corrected chi connectivity index (χ1v) is 10.0. The maximum Gasteiger partial charge on any atom is 0.419 e. The molecule has 0 saturated carbocycles. The highest BCUT2D eigenvalue weighted by Gasteiger charge is 2.42. The standard InChI is InChI=1S/C16H19F2N5O6S/c1-28-12-5-10-11(6-13(12)29-2)19-9-20-14(10)22-3-4-23(8-16(17,18)7-22)30(26,27)21-15(24)25/h5-6,9,21H,3-4,7-8H2,1-2H3,(H,24,25). The van der Waals surface area contributed by atoms with Gasteiger partial charge >= 0.3 is 16.3 Å². The third kappa shape index (κ3) is 4.43. The number of rotatable bonds is 5. The van der Waals surface area contributed by atoms with Crippen molar-refractivity contribution < 1.29 is 36.6 Å². The van der Waals surface area contributed by atoms with Gasteiger partial charge in [-0.1, -0.05) is 0 Å². The number of nitrogens with one attached hydrogen (secondary N) is 1. The van der Waals surface area contributed by atoms with Gasteiger partial charge in [0, 0.05) is 24.5 Å². The van der Waals surface area contributed by atoms with Crippen molar-refractivity contribution in [2.45, 2.75) is 5.92 Å².